The fourth-order valence-corrected chi connectivity index (χ4v) is 2.43. The summed E-state index contributed by atoms with van der Waals surface area (Å²) < 4.78 is 37.5. The fourth-order valence-electron chi connectivity index (χ4n) is 2.43. The molecular formula is C19H20F3NO. The van der Waals surface area contributed by atoms with Crippen LogP contribution in [0.5, 0.6) is 0 Å². The Balaban J connectivity index is 1.80. The first-order valence-electron chi connectivity index (χ1n) is 7.85. The molecule has 1 unspecified atom stereocenters. The monoisotopic (exact) mass is 335 g/mol. The first-order chi connectivity index (χ1) is 11.3. The first kappa shape index (κ1) is 18.0. The molecule has 0 fully saturated rings. The molecule has 128 valence electrons. The minimum Gasteiger partial charge on any atom is -0.326 e. The van der Waals surface area contributed by atoms with E-state index >= 15 is 0 Å². The van der Waals surface area contributed by atoms with Gasteiger partial charge in [-0.1, -0.05) is 37.3 Å². The van der Waals surface area contributed by atoms with Gasteiger partial charge in [0.05, 0.1) is 5.56 Å². The predicted octanol–water partition coefficient (Wildman–Crippen LogP) is 5.30. The normalized spacial score (nSPS) is 12.7. The van der Waals surface area contributed by atoms with Crippen molar-refractivity contribution in [2.24, 2.45) is 5.92 Å². The van der Waals surface area contributed by atoms with Crippen LogP contribution < -0.4 is 5.32 Å². The van der Waals surface area contributed by atoms with E-state index in [1.54, 1.807) is 0 Å². The molecule has 0 saturated carbocycles. The number of halogens is 3. The molecule has 0 spiro atoms. The number of rotatable bonds is 6. The van der Waals surface area contributed by atoms with Crippen LogP contribution in [0.4, 0.5) is 18.9 Å². The summed E-state index contributed by atoms with van der Waals surface area (Å²) in [5, 5.41) is 2.64. The molecule has 2 nitrogen and oxygen atoms in total. The lowest BCUT2D eigenvalue weighted by molar-refractivity contribution is -0.137. The third kappa shape index (κ3) is 5.72. The summed E-state index contributed by atoms with van der Waals surface area (Å²) in [6, 6.07) is 14.5. The number of carbonyl (C=O) groups is 1. The Morgan fingerprint density at radius 1 is 1.04 bits per heavy atom. The van der Waals surface area contributed by atoms with Gasteiger partial charge in [0.25, 0.3) is 0 Å². The van der Waals surface area contributed by atoms with Crippen LogP contribution in [0.25, 0.3) is 0 Å². The second-order valence-electron chi connectivity index (χ2n) is 5.96. The van der Waals surface area contributed by atoms with E-state index in [0.717, 1.165) is 25.0 Å². The fraction of sp³-hybridized carbons (Fsp3) is 0.316. The van der Waals surface area contributed by atoms with Crippen molar-refractivity contribution in [1.29, 1.82) is 0 Å². The molecule has 0 aliphatic rings. The van der Waals surface area contributed by atoms with Crippen LogP contribution in [-0.2, 0) is 17.4 Å². The number of carbonyl (C=O) groups excluding carboxylic acids is 1. The minimum absolute atomic E-state index is 0.185. The molecule has 5 heteroatoms. The maximum Gasteiger partial charge on any atom is 0.416 e. The summed E-state index contributed by atoms with van der Waals surface area (Å²) in [7, 11) is 0. The van der Waals surface area contributed by atoms with Crippen molar-refractivity contribution in [3.05, 3.63) is 65.7 Å². The lowest BCUT2D eigenvalue weighted by Crippen LogP contribution is -2.15. The minimum atomic E-state index is -4.37. The van der Waals surface area contributed by atoms with Gasteiger partial charge in [-0.2, -0.15) is 13.2 Å². The molecule has 1 N–H and O–H groups in total. The molecule has 24 heavy (non-hydrogen) atoms. The standard InChI is InChI=1S/C19H20F3NO/c1-14(7-8-15-5-3-2-4-6-15)13-18(24)23-17-11-9-16(10-12-17)19(20,21)22/h2-6,9-12,14H,7-8,13H2,1H3,(H,23,24). The second-order valence-corrected chi connectivity index (χ2v) is 5.96. The van der Waals surface area contributed by atoms with Gasteiger partial charge in [-0.05, 0) is 48.6 Å². The number of hydrogen-bond donors (Lipinski definition) is 1. The summed E-state index contributed by atoms with van der Waals surface area (Å²) in [6.07, 6.45) is -2.25. The number of hydrogen-bond acceptors (Lipinski definition) is 1. The smallest absolute Gasteiger partial charge is 0.326 e. The van der Waals surface area contributed by atoms with Crippen molar-refractivity contribution >= 4 is 11.6 Å². The van der Waals surface area contributed by atoms with Crippen LogP contribution in [0.3, 0.4) is 0 Å². The number of aryl methyl sites for hydroxylation is 1. The van der Waals surface area contributed by atoms with Crippen LogP contribution in [0.15, 0.2) is 54.6 Å². The molecule has 2 aromatic rings. The van der Waals surface area contributed by atoms with Crippen LogP contribution >= 0.6 is 0 Å². The van der Waals surface area contributed by atoms with Gasteiger partial charge in [-0.25, -0.2) is 0 Å². The molecule has 2 rings (SSSR count). The van der Waals surface area contributed by atoms with Crippen molar-refractivity contribution in [3.8, 4) is 0 Å². The van der Waals surface area contributed by atoms with Crippen molar-refractivity contribution < 1.29 is 18.0 Å². The van der Waals surface area contributed by atoms with Crippen LogP contribution in [0.2, 0.25) is 0 Å². The van der Waals surface area contributed by atoms with E-state index in [4.69, 9.17) is 0 Å². The highest BCUT2D eigenvalue weighted by molar-refractivity contribution is 5.90. The molecule has 0 saturated heterocycles. The Morgan fingerprint density at radius 2 is 1.67 bits per heavy atom. The highest BCUT2D eigenvalue weighted by Crippen LogP contribution is 2.29. The topological polar surface area (TPSA) is 29.1 Å². The summed E-state index contributed by atoms with van der Waals surface area (Å²) in [5.74, 6) is 0.00924. The molecule has 0 heterocycles. The number of amides is 1. The van der Waals surface area contributed by atoms with Crippen molar-refractivity contribution in [2.45, 2.75) is 32.4 Å². The van der Waals surface area contributed by atoms with Gasteiger partial charge < -0.3 is 5.32 Å². The van der Waals surface area contributed by atoms with E-state index < -0.39 is 11.7 Å². The molecule has 2 aromatic carbocycles. The molecule has 0 aliphatic carbocycles. The molecule has 0 aromatic heterocycles. The summed E-state index contributed by atoms with van der Waals surface area (Å²) >= 11 is 0. The van der Waals surface area contributed by atoms with Crippen molar-refractivity contribution in [3.63, 3.8) is 0 Å². The Bertz CT molecular complexity index is 651. The Morgan fingerprint density at radius 3 is 2.25 bits per heavy atom. The zero-order chi connectivity index (χ0) is 17.6. The first-order valence-corrected chi connectivity index (χ1v) is 7.85. The van der Waals surface area contributed by atoms with Crippen molar-refractivity contribution in [1.82, 2.24) is 0 Å². The van der Waals surface area contributed by atoms with Crippen LogP contribution in [0.1, 0.15) is 30.9 Å². The molecule has 0 radical (unpaired) electrons. The maximum atomic E-state index is 12.5. The average Bonchev–Trinajstić information content (AvgIpc) is 2.53. The summed E-state index contributed by atoms with van der Waals surface area (Å²) in [5.41, 5.74) is 0.882. The second kappa shape index (κ2) is 7.99. The van der Waals surface area contributed by atoms with Gasteiger partial charge in [0.2, 0.25) is 5.91 Å². The molecule has 1 amide bonds. The molecule has 1 atom stereocenters. The number of benzene rings is 2. The average molecular weight is 335 g/mol. The van der Waals surface area contributed by atoms with Gasteiger partial charge in [0.15, 0.2) is 0 Å². The number of nitrogens with one attached hydrogen (secondary N) is 1. The maximum absolute atomic E-state index is 12.5. The van der Waals surface area contributed by atoms with Gasteiger partial charge >= 0.3 is 6.18 Å². The van der Waals surface area contributed by atoms with Crippen LogP contribution in [0, 0.1) is 5.92 Å². The zero-order valence-corrected chi connectivity index (χ0v) is 13.4. The lowest BCUT2D eigenvalue weighted by atomic mass is 9.98. The van der Waals surface area contributed by atoms with Crippen molar-refractivity contribution in [2.75, 3.05) is 5.32 Å². The largest absolute Gasteiger partial charge is 0.416 e. The van der Waals surface area contributed by atoms with Gasteiger partial charge in [0, 0.05) is 12.1 Å². The quantitative estimate of drug-likeness (QED) is 0.762. The van der Waals surface area contributed by atoms with E-state index in [1.807, 2.05) is 25.1 Å². The Kier molecular flexibility index (Phi) is 6.01. The summed E-state index contributed by atoms with van der Waals surface area (Å²) in [4.78, 5) is 12.0. The SMILES string of the molecule is CC(CCc1ccccc1)CC(=O)Nc1ccc(C(F)(F)F)cc1. The Labute approximate surface area is 139 Å². The predicted molar refractivity (Wildman–Crippen MR) is 88.6 cm³/mol. The lowest BCUT2D eigenvalue weighted by Gasteiger charge is -2.12. The van der Waals surface area contributed by atoms with E-state index in [0.29, 0.717) is 12.1 Å². The summed E-state index contributed by atoms with van der Waals surface area (Å²) in [6.45, 7) is 2.00. The van der Waals surface area contributed by atoms with Gasteiger partial charge in [-0.3, -0.25) is 4.79 Å². The molecule has 0 aliphatic heterocycles. The zero-order valence-electron chi connectivity index (χ0n) is 13.4. The van der Waals surface area contributed by atoms with Gasteiger partial charge in [0.1, 0.15) is 0 Å². The van der Waals surface area contributed by atoms with E-state index in [1.165, 1.54) is 17.7 Å². The van der Waals surface area contributed by atoms with E-state index in [2.05, 4.69) is 17.4 Å². The van der Waals surface area contributed by atoms with E-state index in [-0.39, 0.29) is 11.8 Å². The molecule has 0 bridgehead atoms. The van der Waals surface area contributed by atoms with Crippen LogP contribution in [-0.4, -0.2) is 5.91 Å². The molecular weight excluding hydrogens is 315 g/mol. The highest BCUT2D eigenvalue weighted by Gasteiger charge is 2.29. The Hall–Kier alpha value is -2.30. The third-order valence-corrected chi connectivity index (χ3v) is 3.80. The number of alkyl halides is 3. The van der Waals surface area contributed by atoms with E-state index in [9.17, 15) is 18.0 Å². The number of anilines is 1. The third-order valence-electron chi connectivity index (χ3n) is 3.80. The van der Waals surface area contributed by atoms with Gasteiger partial charge in [-0.15, -0.1) is 0 Å². The highest BCUT2D eigenvalue weighted by atomic mass is 19.4.